The number of nitrogens with zero attached hydrogens (tertiary/aromatic N) is 2. The van der Waals surface area contributed by atoms with E-state index in [2.05, 4.69) is 64.5 Å². The van der Waals surface area contributed by atoms with Gasteiger partial charge < -0.3 is 8.85 Å². The highest BCUT2D eigenvalue weighted by molar-refractivity contribution is 6.63. The van der Waals surface area contributed by atoms with Crippen molar-refractivity contribution in [1.29, 1.82) is 0 Å². The van der Waals surface area contributed by atoms with Crippen molar-refractivity contribution in [3.63, 3.8) is 0 Å². The Kier molecular flexibility index (Phi) is 4.40. The molecule has 0 aliphatic carbocycles. The molecule has 1 spiro atoms. The summed E-state index contributed by atoms with van der Waals surface area (Å²) in [6.07, 6.45) is 0. The van der Waals surface area contributed by atoms with Crippen LogP contribution in [-0.2, 0) is 8.85 Å². The van der Waals surface area contributed by atoms with Crippen molar-refractivity contribution in [3.8, 4) is 0 Å². The van der Waals surface area contributed by atoms with Crippen LogP contribution < -0.4 is 0 Å². The zero-order valence-corrected chi connectivity index (χ0v) is 15.4. The van der Waals surface area contributed by atoms with Crippen molar-refractivity contribution in [3.05, 3.63) is 0 Å². The van der Waals surface area contributed by atoms with Gasteiger partial charge in [-0.2, -0.15) is 0 Å². The maximum Gasteiger partial charge on any atom is 0.523 e. The van der Waals surface area contributed by atoms with Crippen LogP contribution in [0.5, 0.6) is 0 Å². The van der Waals surface area contributed by atoms with E-state index in [1.807, 2.05) is 0 Å². The number of rotatable bonds is 2. The van der Waals surface area contributed by atoms with Gasteiger partial charge in [-0.25, -0.2) is 0 Å². The highest BCUT2D eigenvalue weighted by Gasteiger charge is 2.66. The third-order valence-electron chi connectivity index (χ3n) is 4.43. The van der Waals surface area contributed by atoms with Crippen LogP contribution in [0.1, 0.15) is 55.4 Å². The lowest BCUT2D eigenvalue weighted by atomic mass is 10.0. The molecule has 4 nitrogen and oxygen atoms in total. The Morgan fingerprint density at radius 3 is 2.05 bits per heavy atom. The molecule has 20 heavy (non-hydrogen) atoms. The second-order valence-electron chi connectivity index (χ2n) is 7.87. The number of hydrogen-bond donors (Lipinski definition) is 0. The molecule has 0 saturated carbocycles. The monoisotopic (exact) mass is 300 g/mol. The van der Waals surface area contributed by atoms with Crippen molar-refractivity contribution in [2.75, 3.05) is 13.2 Å². The van der Waals surface area contributed by atoms with Crippen LogP contribution in [0, 0.1) is 5.92 Å². The van der Waals surface area contributed by atoms with E-state index in [1.54, 1.807) is 0 Å². The first-order chi connectivity index (χ1) is 9.11. The highest BCUT2D eigenvalue weighted by atomic mass is 28.4. The maximum atomic E-state index is 6.43. The average Bonchev–Trinajstić information content (AvgIpc) is 2.80. The number of hydrogen-bond acceptors (Lipinski definition) is 4. The molecule has 118 valence electrons. The summed E-state index contributed by atoms with van der Waals surface area (Å²) in [6.45, 7) is 19.8. The fourth-order valence-corrected chi connectivity index (χ4v) is 8.51. The Balaban J connectivity index is 2.42. The quantitative estimate of drug-likeness (QED) is 0.732. The Morgan fingerprint density at radius 1 is 1.05 bits per heavy atom. The molecule has 2 fully saturated rings. The molecule has 2 rings (SSSR count). The van der Waals surface area contributed by atoms with Crippen molar-refractivity contribution in [2.45, 2.75) is 79.1 Å². The van der Waals surface area contributed by atoms with Gasteiger partial charge in [0, 0.05) is 23.7 Å². The van der Waals surface area contributed by atoms with Crippen LogP contribution in [0.25, 0.3) is 0 Å². The summed E-state index contributed by atoms with van der Waals surface area (Å²) >= 11 is 0. The van der Waals surface area contributed by atoms with Gasteiger partial charge in [-0.3, -0.25) is 9.13 Å². The minimum Gasteiger partial charge on any atom is -0.369 e. The maximum absolute atomic E-state index is 6.43. The van der Waals surface area contributed by atoms with Crippen LogP contribution in [-0.4, -0.2) is 54.9 Å². The van der Waals surface area contributed by atoms with Gasteiger partial charge in [0.25, 0.3) is 0 Å². The molecule has 3 unspecified atom stereocenters. The molecule has 2 aliphatic heterocycles. The summed E-state index contributed by atoms with van der Waals surface area (Å²) in [5.41, 5.74) is 0.0706. The van der Waals surface area contributed by atoms with Gasteiger partial charge in [-0.15, -0.1) is 0 Å². The van der Waals surface area contributed by atoms with Gasteiger partial charge in [0.15, 0.2) is 0 Å². The largest absolute Gasteiger partial charge is 0.523 e. The highest BCUT2D eigenvalue weighted by Crippen LogP contribution is 2.41. The van der Waals surface area contributed by atoms with E-state index >= 15 is 0 Å². The summed E-state index contributed by atoms with van der Waals surface area (Å²) < 4.78 is 17.9. The minimum atomic E-state index is -2.45. The molecule has 0 aromatic heterocycles. The van der Waals surface area contributed by atoms with Crippen molar-refractivity contribution < 1.29 is 8.85 Å². The first-order valence-corrected chi connectivity index (χ1v) is 9.68. The Bertz CT molecular complexity index is 356. The molecule has 2 heterocycles. The molecule has 2 aliphatic rings. The lowest BCUT2D eigenvalue weighted by molar-refractivity contribution is 0.120. The molecule has 5 heteroatoms. The Morgan fingerprint density at radius 2 is 1.60 bits per heavy atom. The van der Waals surface area contributed by atoms with Gasteiger partial charge in [0.1, 0.15) is 0 Å². The second kappa shape index (κ2) is 5.36. The second-order valence-corrected chi connectivity index (χ2v) is 10.5. The summed E-state index contributed by atoms with van der Waals surface area (Å²) in [6, 6.07) is 1.34. The van der Waals surface area contributed by atoms with Crippen molar-refractivity contribution in [1.82, 2.24) is 9.13 Å². The first kappa shape index (κ1) is 16.4. The average molecular weight is 301 g/mol. The predicted molar refractivity (Wildman–Crippen MR) is 84.3 cm³/mol. The Labute approximate surface area is 125 Å². The molecule has 0 aromatic carbocycles. The molecule has 3 atom stereocenters. The smallest absolute Gasteiger partial charge is 0.369 e. The zero-order chi connectivity index (χ0) is 15.3. The fourth-order valence-electron chi connectivity index (χ4n) is 3.83. The summed E-state index contributed by atoms with van der Waals surface area (Å²) in [5, 5.41) is 0. The molecule has 0 N–H and O–H groups in total. The van der Waals surface area contributed by atoms with Gasteiger partial charge >= 0.3 is 8.88 Å². The van der Waals surface area contributed by atoms with Crippen LogP contribution in [0.3, 0.4) is 0 Å². The lowest BCUT2D eigenvalue weighted by Gasteiger charge is -2.46. The van der Waals surface area contributed by atoms with Crippen molar-refractivity contribution >= 4 is 8.88 Å². The third kappa shape index (κ3) is 2.48. The van der Waals surface area contributed by atoms with E-state index in [9.17, 15) is 0 Å². The van der Waals surface area contributed by atoms with E-state index in [1.165, 1.54) is 0 Å². The topological polar surface area (TPSA) is 24.9 Å². The fraction of sp³-hybridized carbons (Fsp3) is 1.00. The molecule has 0 radical (unpaired) electrons. The van der Waals surface area contributed by atoms with Crippen LogP contribution in [0.15, 0.2) is 0 Å². The van der Waals surface area contributed by atoms with Crippen LogP contribution in [0.2, 0.25) is 0 Å². The minimum absolute atomic E-state index is 0.0706. The summed E-state index contributed by atoms with van der Waals surface area (Å²) in [5.74, 6) is 0.589. The predicted octanol–water partition coefficient (Wildman–Crippen LogP) is 2.71. The van der Waals surface area contributed by atoms with E-state index in [0.717, 1.165) is 13.2 Å². The van der Waals surface area contributed by atoms with E-state index < -0.39 is 8.88 Å². The first-order valence-electron chi connectivity index (χ1n) is 7.97. The normalized spacial score (nSPS) is 36.9. The molecule has 2 saturated heterocycles. The molecule has 0 aromatic rings. The standard InChI is InChI=1S/C15H32N2O2Si/c1-11(2)14-10-19-20(16(14)12(3)4)17(15(6,7)8)13(5)9-18-20/h11-14H,9-10H2,1-8H3. The van der Waals surface area contributed by atoms with Crippen LogP contribution in [0.4, 0.5) is 0 Å². The Hall–Kier alpha value is 0.0569. The molecular weight excluding hydrogens is 268 g/mol. The molecule has 0 amide bonds. The van der Waals surface area contributed by atoms with Crippen LogP contribution >= 0.6 is 0 Å². The lowest BCUT2D eigenvalue weighted by Crippen LogP contribution is -2.70. The van der Waals surface area contributed by atoms with Gasteiger partial charge in [-0.1, -0.05) is 27.7 Å². The summed E-state index contributed by atoms with van der Waals surface area (Å²) in [7, 11) is -2.45. The van der Waals surface area contributed by atoms with E-state index in [4.69, 9.17) is 8.85 Å². The van der Waals surface area contributed by atoms with Gasteiger partial charge in [-0.05, 0) is 33.6 Å². The zero-order valence-electron chi connectivity index (χ0n) is 14.4. The van der Waals surface area contributed by atoms with E-state index in [-0.39, 0.29) is 5.54 Å². The molecule has 0 bridgehead atoms. The molecular formula is C15H32N2O2Si. The SMILES string of the molecule is CC(C)C1CO[Si]2(OCC(C)N2C(C)(C)C)N1C(C)C. The third-order valence-corrected chi connectivity index (χ3v) is 8.74. The summed E-state index contributed by atoms with van der Waals surface area (Å²) in [4.78, 5) is 0. The van der Waals surface area contributed by atoms with E-state index in [0.29, 0.717) is 24.0 Å². The van der Waals surface area contributed by atoms with Crippen molar-refractivity contribution in [2.24, 2.45) is 5.92 Å². The van der Waals surface area contributed by atoms with Gasteiger partial charge in [0.2, 0.25) is 0 Å². The van der Waals surface area contributed by atoms with Gasteiger partial charge in [0.05, 0.1) is 13.2 Å².